The van der Waals surface area contributed by atoms with Crippen LogP contribution < -0.4 is 0 Å². The van der Waals surface area contributed by atoms with Crippen molar-refractivity contribution < 1.29 is 45.4 Å². The first-order valence-corrected chi connectivity index (χ1v) is 9.59. The van der Waals surface area contributed by atoms with Crippen molar-refractivity contribution in [2.75, 3.05) is 0 Å². The van der Waals surface area contributed by atoms with Crippen LogP contribution in [0.15, 0.2) is 11.6 Å². The minimum absolute atomic E-state index is 0.0148. The summed E-state index contributed by atoms with van der Waals surface area (Å²) in [7, 11) is 0. The van der Waals surface area contributed by atoms with E-state index in [9.17, 15) is 35.9 Å². The van der Waals surface area contributed by atoms with Gasteiger partial charge in [0.25, 0.3) is 0 Å². The molecule has 0 bridgehead atoms. The van der Waals surface area contributed by atoms with Gasteiger partial charge in [0.05, 0.1) is 11.8 Å². The van der Waals surface area contributed by atoms with Gasteiger partial charge in [-0.05, 0) is 58.3 Å². The number of hydrogen-bond donors (Lipinski definition) is 0. The van der Waals surface area contributed by atoms with Crippen LogP contribution >= 0.6 is 0 Å². The highest BCUT2D eigenvalue weighted by Crippen LogP contribution is 2.39. The third-order valence-electron chi connectivity index (χ3n) is 5.39. The van der Waals surface area contributed by atoms with E-state index in [0.717, 1.165) is 6.08 Å². The lowest BCUT2D eigenvalue weighted by molar-refractivity contribution is -0.194. The normalized spacial score (nSPS) is 29.3. The van der Waals surface area contributed by atoms with E-state index in [1.807, 2.05) is 0 Å². The summed E-state index contributed by atoms with van der Waals surface area (Å²) in [5, 5.41) is 0. The zero-order chi connectivity index (χ0) is 21.8. The van der Waals surface area contributed by atoms with E-state index in [1.165, 1.54) is 6.92 Å². The van der Waals surface area contributed by atoms with Crippen molar-refractivity contribution in [3.63, 3.8) is 0 Å². The van der Waals surface area contributed by atoms with Gasteiger partial charge in [0.2, 0.25) is 0 Å². The number of hydrogen-bond acceptors (Lipinski definition) is 4. The molecule has 2 rings (SSSR count). The topological polar surface area (TPSA) is 52.6 Å². The Morgan fingerprint density at radius 3 is 1.69 bits per heavy atom. The van der Waals surface area contributed by atoms with E-state index in [2.05, 4.69) is 0 Å². The van der Waals surface area contributed by atoms with Crippen LogP contribution in [0.1, 0.15) is 58.3 Å². The fourth-order valence-electron chi connectivity index (χ4n) is 3.78. The molecule has 0 aromatic carbocycles. The summed E-state index contributed by atoms with van der Waals surface area (Å²) in [6, 6.07) is 0. The number of carbonyl (C=O) groups excluding carboxylic acids is 2. The Hall–Kier alpha value is -1.74. The monoisotopic (exact) mass is 430 g/mol. The molecule has 2 fully saturated rings. The molecule has 0 heterocycles. The molecule has 4 unspecified atom stereocenters. The summed E-state index contributed by atoms with van der Waals surface area (Å²) in [5.41, 5.74) is -0.174. The van der Waals surface area contributed by atoms with Crippen LogP contribution in [0.25, 0.3) is 0 Å². The first-order chi connectivity index (χ1) is 13.4. The van der Waals surface area contributed by atoms with E-state index in [1.54, 1.807) is 0 Å². The Labute approximate surface area is 164 Å². The molecule has 0 amide bonds. The van der Waals surface area contributed by atoms with Crippen molar-refractivity contribution in [1.82, 2.24) is 0 Å². The summed E-state index contributed by atoms with van der Waals surface area (Å²) in [6.07, 6.45) is -9.22. The molecular weight excluding hydrogens is 406 g/mol. The molecule has 2 aliphatic carbocycles. The highest BCUT2D eigenvalue weighted by atomic mass is 19.4. The Bertz CT molecular complexity index is 625. The average Bonchev–Trinajstić information content (AvgIpc) is 2.60. The number of esters is 2. The zero-order valence-electron chi connectivity index (χ0n) is 15.9. The summed E-state index contributed by atoms with van der Waals surface area (Å²) >= 11 is 0. The van der Waals surface area contributed by atoms with Crippen LogP contribution in [0.2, 0.25) is 0 Å². The first-order valence-electron chi connectivity index (χ1n) is 9.59. The Kier molecular flexibility index (Phi) is 7.62. The van der Waals surface area contributed by atoms with Gasteiger partial charge in [-0.2, -0.15) is 26.3 Å². The first kappa shape index (κ1) is 23.5. The SMILES string of the molecule is C/C(=C\C(=O)OC1CCCC(C(F)(F)F)C1)C(=O)OC1CCCC(C(F)(F)F)C1. The quantitative estimate of drug-likeness (QED) is 0.347. The molecule has 0 aromatic heterocycles. The van der Waals surface area contributed by atoms with E-state index < -0.39 is 48.3 Å². The van der Waals surface area contributed by atoms with E-state index in [4.69, 9.17) is 9.47 Å². The Balaban J connectivity index is 1.86. The largest absolute Gasteiger partial charge is 0.459 e. The maximum atomic E-state index is 12.8. The number of ether oxygens (including phenoxy) is 2. The summed E-state index contributed by atoms with van der Waals surface area (Å²) in [6.45, 7) is 1.24. The molecule has 0 saturated heterocycles. The van der Waals surface area contributed by atoms with Crippen molar-refractivity contribution in [2.24, 2.45) is 11.8 Å². The van der Waals surface area contributed by atoms with Gasteiger partial charge in [-0.25, -0.2) is 9.59 Å². The molecule has 10 heteroatoms. The molecule has 4 atom stereocenters. The summed E-state index contributed by atoms with van der Waals surface area (Å²) in [4.78, 5) is 24.0. The van der Waals surface area contributed by atoms with Crippen LogP contribution in [0.3, 0.4) is 0 Å². The predicted molar refractivity (Wildman–Crippen MR) is 89.5 cm³/mol. The molecule has 0 aliphatic heterocycles. The highest BCUT2D eigenvalue weighted by Gasteiger charge is 2.44. The van der Waals surface area contributed by atoms with Crippen molar-refractivity contribution in [3.05, 3.63) is 11.6 Å². The van der Waals surface area contributed by atoms with Crippen LogP contribution in [-0.4, -0.2) is 36.5 Å². The van der Waals surface area contributed by atoms with Crippen LogP contribution in [0.4, 0.5) is 26.3 Å². The maximum Gasteiger partial charge on any atom is 0.391 e. The molecular formula is C19H24F6O4. The fourth-order valence-corrected chi connectivity index (χ4v) is 3.78. The molecule has 29 heavy (non-hydrogen) atoms. The lowest BCUT2D eigenvalue weighted by Crippen LogP contribution is -2.34. The molecule has 0 N–H and O–H groups in total. The second kappa shape index (κ2) is 9.38. The standard InChI is InChI=1S/C19H24F6O4/c1-11(17(27)29-15-7-3-5-13(10-15)19(23,24)25)8-16(26)28-14-6-2-4-12(9-14)18(20,21)22/h8,12-15H,2-7,9-10H2,1H3/b11-8+. The van der Waals surface area contributed by atoms with E-state index >= 15 is 0 Å². The number of rotatable bonds is 4. The van der Waals surface area contributed by atoms with Gasteiger partial charge in [-0.1, -0.05) is 0 Å². The molecule has 166 valence electrons. The minimum Gasteiger partial charge on any atom is -0.459 e. The minimum atomic E-state index is -4.35. The summed E-state index contributed by atoms with van der Waals surface area (Å²) < 4.78 is 87.0. The molecule has 2 aliphatic rings. The lowest BCUT2D eigenvalue weighted by Gasteiger charge is -2.30. The van der Waals surface area contributed by atoms with Crippen molar-refractivity contribution in [1.29, 1.82) is 0 Å². The number of carbonyl (C=O) groups is 2. The second-order valence-electron chi connectivity index (χ2n) is 7.72. The van der Waals surface area contributed by atoms with Gasteiger partial charge in [0, 0.05) is 11.6 Å². The van der Waals surface area contributed by atoms with Gasteiger partial charge in [0.15, 0.2) is 0 Å². The van der Waals surface area contributed by atoms with Crippen molar-refractivity contribution in [3.8, 4) is 0 Å². The van der Waals surface area contributed by atoms with Gasteiger partial charge < -0.3 is 9.47 Å². The Morgan fingerprint density at radius 1 is 0.793 bits per heavy atom. The third kappa shape index (κ3) is 7.22. The number of halogens is 6. The van der Waals surface area contributed by atoms with Gasteiger partial charge in [-0.3, -0.25) is 0 Å². The lowest BCUT2D eigenvalue weighted by atomic mass is 9.86. The molecule has 0 radical (unpaired) electrons. The van der Waals surface area contributed by atoms with E-state index in [0.29, 0.717) is 12.8 Å². The molecule has 2 saturated carbocycles. The van der Waals surface area contributed by atoms with Crippen LogP contribution in [0.5, 0.6) is 0 Å². The average molecular weight is 430 g/mol. The Morgan fingerprint density at radius 2 is 1.24 bits per heavy atom. The van der Waals surface area contributed by atoms with E-state index in [-0.39, 0.29) is 44.1 Å². The third-order valence-corrected chi connectivity index (χ3v) is 5.39. The smallest absolute Gasteiger partial charge is 0.391 e. The van der Waals surface area contributed by atoms with Crippen molar-refractivity contribution in [2.45, 2.75) is 82.9 Å². The van der Waals surface area contributed by atoms with Gasteiger partial charge >= 0.3 is 24.3 Å². The molecule has 0 aromatic rings. The van der Waals surface area contributed by atoms with Gasteiger partial charge in [-0.15, -0.1) is 0 Å². The van der Waals surface area contributed by atoms with Crippen LogP contribution in [-0.2, 0) is 19.1 Å². The van der Waals surface area contributed by atoms with Crippen molar-refractivity contribution >= 4 is 11.9 Å². The van der Waals surface area contributed by atoms with Crippen LogP contribution in [0, 0.1) is 11.8 Å². The highest BCUT2D eigenvalue weighted by molar-refractivity contribution is 5.96. The predicted octanol–water partition coefficient (Wildman–Crippen LogP) is 5.26. The zero-order valence-corrected chi connectivity index (χ0v) is 15.9. The fraction of sp³-hybridized carbons (Fsp3) is 0.789. The second-order valence-corrected chi connectivity index (χ2v) is 7.72. The summed E-state index contributed by atoms with van der Waals surface area (Å²) in [5.74, 6) is -4.97. The molecule has 4 nitrogen and oxygen atoms in total. The van der Waals surface area contributed by atoms with Gasteiger partial charge in [0.1, 0.15) is 12.2 Å². The molecule has 0 spiro atoms. The maximum absolute atomic E-state index is 12.8. The number of alkyl halides is 6.